The fourth-order valence-electron chi connectivity index (χ4n) is 2.92. The number of carbonyl (C=O) groups is 2. The predicted octanol–water partition coefficient (Wildman–Crippen LogP) is -0.607. The van der Waals surface area contributed by atoms with Crippen molar-refractivity contribution in [3.8, 4) is 0 Å². The highest BCUT2D eigenvalue weighted by Gasteiger charge is 2.30. The lowest BCUT2D eigenvalue weighted by atomic mass is 9.96. The molecule has 0 unspecified atom stereocenters. The van der Waals surface area contributed by atoms with Gasteiger partial charge < -0.3 is 16.0 Å². The highest BCUT2D eigenvalue weighted by atomic mass is 16.2. The van der Waals surface area contributed by atoms with Crippen LogP contribution >= 0.6 is 0 Å². The normalized spacial score (nSPS) is 19.7. The Morgan fingerprint density at radius 1 is 1.30 bits per heavy atom. The van der Waals surface area contributed by atoms with E-state index in [9.17, 15) is 9.59 Å². The minimum atomic E-state index is -0.265. The summed E-state index contributed by atoms with van der Waals surface area (Å²) in [7, 11) is 0. The zero-order valence-corrected chi connectivity index (χ0v) is 11.3. The molecule has 0 aromatic carbocycles. The van der Waals surface area contributed by atoms with Gasteiger partial charge in [0.2, 0.25) is 5.91 Å². The number of likely N-dealkylation sites (tertiary alicyclic amines) is 1. The third kappa shape index (κ3) is 2.29. The van der Waals surface area contributed by atoms with Crippen LogP contribution in [0.25, 0.3) is 0 Å². The average Bonchev–Trinajstić information content (AvgIpc) is 2.90. The molecular formula is C13H19N5O2. The Kier molecular flexibility index (Phi) is 3.43. The molecule has 2 aliphatic rings. The van der Waals surface area contributed by atoms with Crippen molar-refractivity contribution in [1.82, 2.24) is 20.4 Å². The molecule has 1 saturated heterocycles. The van der Waals surface area contributed by atoms with Gasteiger partial charge in [0.1, 0.15) is 0 Å². The Morgan fingerprint density at radius 2 is 2.05 bits per heavy atom. The summed E-state index contributed by atoms with van der Waals surface area (Å²) in [6.07, 6.45) is 2.16. The number of hydrogen-bond donors (Lipinski definition) is 3. The van der Waals surface area contributed by atoms with E-state index in [0.29, 0.717) is 38.2 Å². The summed E-state index contributed by atoms with van der Waals surface area (Å²) in [5.41, 5.74) is 7.86. The molecule has 0 spiro atoms. The molecular weight excluding hydrogens is 258 g/mol. The lowest BCUT2D eigenvalue weighted by molar-refractivity contribution is -0.123. The molecule has 0 saturated carbocycles. The van der Waals surface area contributed by atoms with E-state index < -0.39 is 0 Å². The Labute approximate surface area is 116 Å². The molecule has 3 heterocycles. The van der Waals surface area contributed by atoms with Crippen molar-refractivity contribution in [2.24, 2.45) is 11.7 Å². The lowest BCUT2D eigenvalue weighted by Crippen LogP contribution is -2.42. The van der Waals surface area contributed by atoms with Crippen LogP contribution in [-0.4, -0.2) is 46.5 Å². The van der Waals surface area contributed by atoms with E-state index in [-0.39, 0.29) is 17.7 Å². The van der Waals surface area contributed by atoms with Gasteiger partial charge in [-0.05, 0) is 12.8 Å². The van der Waals surface area contributed by atoms with E-state index in [0.717, 1.165) is 24.2 Å². The van der Waals surface area contributed by atoms with Gasteiger partial charge in [-0.3, -0.25) is 14.7 Å². The van der Waals surface area contributed by atoms with E-state index >= 15 is 0 Å². The number of primary amides is 1. The summed E-state index contributed by atoms with van der Waals surface area (Å²) in [5, 5.41) is 10.4. The number of H-pyrrole nitrogens is 1. The van der Waals surface area contributed by atoms with Crippen LogP contribution in [0.1, 0.15) is 34.6 Å². The van der Waals surface area contributed by atoms with Gasteiger partial charge in [0, 0.05) is 49.8 Å². The van der Waals surface area contributed by atoms with Gasteiger partial charge in [-0.2, -0.15) is 5.10 Å². The van der Waals surface area contributed by atoms with Crippen LogP contribution in [0.15, 0.2) is 0 Å². The van der Waals surface area contributed by atoms with Gasteiger partial charge in [-0.15, -0.1) is 0 Å². The fraction of sp³-hybridized carbons (Fsp3) is 0.615. The number of carbonyl (C=O) groups excluding carboxylic acids is 2. The summed E-state index contributed by atoms with van der Waals surface area (Å²) in [5.74, 6) is -0.415. The maximum atomic E-state index is 12.5. The van der Waals surface area contributed by atoms with Crippen LogP contribution in [0.5, 0.6) is 0 Å². The molecule has 1 aromatic heterocycles. The Morgan fingerprint density at radius 3 is 2.75 bits per heavy atom. The number of aromatic amines is 1. The van der Waals surface area contributed by atoms with Crippen LogP contribution in [0.3, 0.4) is 0 Å². The minimum absolute atomic E-state index is 0.0471. The highest BCUT2D eigenvalue weighted by molar-refractivity contribution is 5.94. The van der Waals surface area contributed by atoms with Crippen molar-refractivity contribution in [2.45, 2.75) is 25.8 Å². The number of fused-ring (bicyclic) bond motifs is 1. The second-order valence-corrected chi connectivity index (χ2v) is 5.42. The molecule has 2 aliphatic heterocycles. The van der Waals surface area contributed by atoms with Crippen LogP contribution in [0.2, 0.25) is 0 Å². The molecule has 0 atom stereocenters. The quantitative estimate of drug-likeness (QED) is 0.671. The van der Waals surface area contributed by atoms with E-state index in [1.165, 1.54) is 0 Å². The minimum Gasteiger partial charge on any atom is -0.369 e. The van der Waals surface area contributed by atoms with E-state index in [2.05, 4.69) is 15.5 Å². The molecule has 3 rings (SSSR count). The second-order valence-electron chi connectivity index (χ2n) is 5.42. The Bertz CT molecular complexity index is 531. The number of nitrogens with one attached hydrogen (secondary N) is 2. The molecule has 20 heavy (non-hydrogen) atoms. The summed E-state index contributed by atoms with van der Waals surface area (Å²) in [6, 6.07) is 0. The topological polar surface area (TPSA) is 104 Å². The number of hydrogen-bond acceptors (Lipinski definition) is 4. The van der Waals surface area contributed by atoms with Gasteiger partial charge in [-0.1, -0.05) is 0 Å². The number of rotatable bonds is 2. The smallest absolute Gasteiger partial charge is 0.274 e. The summed E-state index contributed by atoms with van der Waals surface area (Å²) in [4.78, 5) is 25.4. The van der Waals surface area contributed by atoms with Gasteiger partial charge in [0.15, 0.2) is 5.69 Å². The SMILES string of the molecule is NC(=O)C1CCN(C(=O)c2n[nH]c3c2CNCC3)CC1. The number of nitrogens with two attached hydrogens (primary N) is 1. The number of piperidine rings is 1. The number of amides is 2. The van der Waals surface area contributed by atoms with Crippen molar-refractivity contribution < 1.29 is 9.59 Å². The largest absolute Gasteiger partial charge is 0.369 e. The summed E-state index contributed by atoms with van der Waals surface area (Å²) < 4.78 is 0. The standard InChI is InChI=1S/C13H19N5O2/c14-12(19)8-2-5-18(6-3-8)13(20)11-9-7-15-4-1-10(9)16-17-11/h8,15H,1-7H2,(H2,14,19)(H,16,17). The first-order valence-electron chi connectivity index (χ1n) is 7.02. The van der Waals surface area contributed by atoms with E-state index in [4.69, 9.17) is 5.73 Å². The first-order chi connectivity index (χ1) is 9.66. The molecule has 2 amide bonds. The Hall–Kier alpha value is -1.89. The molecule has 1 aromatic rings. The summed E-state index contributed by atoms with van der Waals surface area (Å²) >= 11 is 0. The zero-order valence-electron chi connectivity index (χ0n) is 11.3. The maximum Gasteiger partial charge on any atom is 0.274 e. The van der Waals surface area contributed by atoms with E-state index in [1.54, 1.807) is 4.90 Å². The molecule has 0 radical (unpaired) electrons. The van der Waals surface area contributed by atoms with Crippen LogP contribution in [0.4, 0.5) is 0 Å². The molecule has 0 aliphatic carbocycles. The monoisotopic (exact) mass is 277 g/mol. The Balaban J connectivity index is 1.71. The van der Waals surface area contributed by atoms with Gasteiger partial charge in [0.05, 0.1) is 0 Å². The zero-order chi connectivity index (χ0) is 14.1. The highest BCUT2D eigenvalue weighted by Crippen LogP contribution is 2.21. The van der Waals surface area contributed by atoms with Crippen molar-refractivity contribution >= 4 is 11.8 Å². The molecule has 0 bridgehead atoms. The molecule has 4 N–H and O–H groups in total. The second kappa shape index (κ2) is 5.24. The molecule has 1 fully saturated rings. The maximum absolute atomic E-state index is 12.5. The lowest BCUT2D eigenvalue weighted by Gasteiger charge is -2.30. The van der Waals surface area contributed by atoms with E-state index in [1.807, 2.05) is 0 Å². The third-order valence-electron chi connectivity index (χ3n) is 4.19. The van der Waals surface area contributed by atoms with Gasteiger partial charge in [0.25, 0.3) is 5.91 Å². The molecule has 108 valence electrons. The van der Waals surface area contributed by atoms with Crippen molar-refractivity contribution in [1.29, 1.82) is 0 Å². The summed E-state index contributed by atoms with van der Waals surface area (Å²) in [6.45, 7) is 2.74. The fourth-order valence-corrected chi connectivity index (χ4v) is 2.92. The average molecular weight is 277 g/mol. The van der Waals surface area contributed by atoms with Gasteiger partial charge in [-0.25, -0.2) is 0 Å². The molecule has 7 heteroatoms. The third-order valence-corrected chi connectivity index (χ3v) is 4.19. The molecule has 7 nitrogen and oxygen atoms in total. The van der Waals surface area contributed by atoms with Gasteiger partial charge >= 0.3 is 0 Å². The van der Waals surface area contributed by atoms with Crippen molar-refractivity contribution in [3.63, 3.8) is 0 Å². The number of aromatic nitrogens is 2. The first kappa shape index (κ1) is 13.1. The first-order valence-corrected chi connectivity index (χ1v) is 7.02. The van der Waals surface area contributed by atoms with Crippen LogP contribution in [0, 0.1) is 5.92 Å². The van der Waals surface area contributed by atoms with Crippen LogP contribution in [-0.2, 0) is 17.8 Å². The number of nitrogens with zero attached hydrogens (tertiary/aromatic N) is 2. The predicted molar refractivity (Wildman–Crippen MR) is 71.8 cm³/mol. The van der Waals surface area contributed by atoms with Crippen LogP contribution < -0.4 is 11.1 Å². The van der Waals surface area contributed by atoms with Crippen molar-refractivity contribution in [3.05, 3.63) is 17.0 Å². The van der Waals surface area contributed by atoms with Crippen molar-refractivity contribution in [2.75, 3.05) is 19.6 Å².